The van der Waals surface area contributed by atoms with E-state index in [0.717, 1.165) is 5.56 Å². The molecule has 0 saturated heterocycles. The number of rotatable bonds is 9. The quantitative estimate of drug-likeness (QED) is 0.472. The lowest BCUT2D eigenvalue weighted by atomic mass is 10.0. The van der Waals surface area contributed by atoms with E-state index in [1.165, 1.54) is 11.2 Å². The van der Waals surface area contributed by atoms with Gasteiger partial charge in [0.25, 0.3) is 0 Å². The van der Waals surface area contributed by atoms with Crippen LogP contribution in [0.3, 0.4) is 0 Å². The van der Waals surface area contributed by atoms with Gasteiger partial charge in [0, 0.05) is 13.1 Å². The number of aromatic nitrogens is 2. The van der Waals surface area contributed by atoms with E-state index < -0.39 is 10.6 Å². The molecule has 28 heavy (non-hydrogen) atoms. The van der Waals surface area contributed by atoms with E-state index in [2.05, 4.69) is 23.8 Å². The van der Waals surface area contributed by atoms with Crippen molar-refractivity contribution in [3.63, 3.8) is 0 Å². The van der Waals surface area contributed by atoms with Crippen molar-refractivity contribution < 1.29 is 9.66 Å². The van der Waals surface area contributed by atoms with Gasteiger partial charge >= 0.3 is 11.6 Å². The highest BCUT2D eigenvalue weighted by atomic mass is 16.6. The van der Waals surface area contributed by atoms with E-state index in [1.807, 2.05) is 24.3 Å². The Morgan fingerprint density at radius 1 is 1.14 bits per heavy atom. The molecule has 0 atom stereocenters. The van der Waals surface area contributed by atoms with Crippen LogP contribution in [0.15, 0.2) is 30.6 Å². The van der Waals surface area contributed by atoms with Crippen molar-refractivity contribution in [2.75, 3.05) is 18.0 Å². The first kappa shape index (κ1) is 20.6. The molecule has 1 aromatic carbocycles. The molecule has 0 N–H and O–H groups in total. The Bertz CT molecular complexity index is 881. The second kappa shape index (κ2) is 9.83. The summed E-state index contributed by atoms with van der Waals surface area (Å²) in [5.41, 5.74) is 0.718. The number of nitriles is 2. The van der Waals surface area contributed by atoms with Crippen LogP contribution in [-0.2, 0) is 0 Å². The van der Waals surface area contributed by atoms with Crippen LogP contribution in [0.5, 0.6) is 11.6 Å². The third-order valence-electron chi connectivity index (χ3n) is 4.00. The number of anilines is 1. The number of ether oxygens (including phenoxy) is 1. The number of hydrogen-bond donors (Lipinski definition) is 0. The fourth-order valence-electron chi connectivity index (χ4n) is 2.55. The maximum atomic E-state index is 11.7. The lowest BCUT2D eigenvalue weighted by molar-refractivity contribution is -0.385. The summed E-state index contributed by atoms with van der Waals surface area (Å²) in [6.07, 6.45) is 1.45. The van der Waals surface area contributed by atoms with Crippen LogP contribution in [0.1, 0.15) is 38.2 Å². The largest absolute Gasteiger partial charge is 0.434 e. The molecule has 0 bridgehead atoms. The summed E-state index contributed by atoms with van der Waals surface area (Å²) >= 11 is 0. The zero-order valence-corrected chi connectivity index (χ0v) is 15.7. The molecule has 1 aromatic heterocycles. The molecule has 0 saturated carbocycles. The van der Waals surface area contributed by atoms with E-state index in [1.54, 1.807) is 12.1 Å². The Morgan fingerprint density at radius 2 is 1.75 bits per heavy atom. The molecule has 9 nitrogen and oxygen atoms in total. The molecular weight excluding hydrogens is 360 g/mol. The molecule has 1 heterocycles. The van der Waals surface area contributed by atoms with Gasteiger partial charge in [-0.3, -0.25) is 10.1 Å². The molecule has 144 valence electrons. The molecule has 0 aliphatic rings. The summed E-state index contributed by atoms with van der Waals surface area (Å²) in [6, 6.07) is 11.2. The second-order valence-electron chi connectivity index (χ2n) is 6.24. The predicted octanol–water partition coefficient (Wildman–Crippen LogP) is 3.93. The Hall–Kier alpha value is -3.72. The van der Waals surface area contributed by atoms with Gasteiger partial charge in [0.15, 0.2) is 0 Å². The van der Waals surface area contributed by atoms with Gasteiger partial charge < -0.3 is 9.64 Å². The molecule has 2 rings (SSSR count). The maximum Gasteiger partial charge on any atom is 0.373 e. The molecule has 2 aromatic rings. The molecule has 0 aliphatic heterocycles. The first-order valence-electron chi connectivity index (χ1n) is 8.74. The van der Waals surface area contributed by atoms with E-state index in [9.17, 15) is 10.1 Å². The summed E-state index contributed by atoms with van der Waals surface area (Å²) in [5.74, 6) is 0.603. The lowest BCUT2D eigenvalue weighted by Gasteiger charge is -2.21. The minimum atomic E-state index is -0.612. The molecular formula is C19H20N6O3. The average molecular weight is 380 g/mol. The normalized spacial score (nSPS) is 10.2. The maximum absolute atomic E-state index is 11.7. The first-order chi connectivity index (χ1) is 13.5. The minimum Gasteiger partial charge on any atom is -0.434 e. The molecule has 0 spiro atoms. The lowest BCUT2D eigenvalue weighted by Crippen LogP contribution is -2.27. The van der Waals surface area contributed by atoms with Crippen molar-refractivity contribution in [1.82, 2.24) is 9.97 Å². The highest BCUT2D eigenvalue weighted by molar-refractivity contribution is 5.63. The Morgan fingerprint density at radius 3 is 2.25 bits per heavy atom. The van der Waals surface area contributed by atoms with Gasteiger partial charge in [-0.25, -0.2) is 4.98 Å². The third-order valence-corrected chi connectivity index (χ3v) is 4.00. The molecule has 0 aliphatic carbocycles. The topological polar surface area (TPSA) is 129 Å². The van der Waals surface area contributed by atoms with Gasteiger partial charge in [0.05, 0.1) is 29.9 Å². The van der Waals surface area contributed by atoms with Crippen LogP contribution in [0, 0.1) is 32.8 Å². The molecule has 0 amide bonds. The van der Waals surface area contributed by atoms with Gasteiger partial charge in [0.1, 0.15) is 12.1 Å². The Balaban J connectivity index is 2.39. The van der Waals surface area contributed by atoms with E-state index in [-0.39, 0.29) is 37.6 Å². The highest BCUT2D eigenvalue weighted by Crippen LogP contribution is 2.36. The zero-order chi connectivity index (χ0) is 20.5. The number of nitrogens with zero attached hydrogens (tertiary/aromatic N) is 6. The Labute approximate surface area is 163 Å². The first-order valence-corrected chi connectivity index (χ1v) is 8.74. The number of benzene rings is 1. The van der Waals surface area contributed by atoms with Crippen LogP contribution in [0.25, 0.3) is 0 Å². The van der Waals surface area contributed by atoms with Crippen molar-refractivity contribution >= 4 is 11.5 Å². The summed E-state index contributed by atoms with van der Waals surface area (Å²) in [4.78, 5) is 20.6. The highest BCUT2D eigenvalue weighted by Gasteiger charge is 2.28. The molecule has 9 heteroatoms. The molecule has 0 radical (unpaired) electrons. The van der Waals surface area contributed by atoms with Gasteiger partial charge in [-0.2, -0.15) is 15.5 Å². The van der Waals surface area contributed by atoms with Crippen molar-refractivity contribution in [3.05, 3.63) is 46.3 Å². The summed E-state index contributed by atoms with van der Waals surface area (Å²) in [7, 11) is 0. The fraction of sp³-hybridized carbons (Fsp3) is 0.368. The van der Waals surface area contributed by atoms with Crippen molar-refractivity contribution in [1.29, 1.82) is 10.5 Å². The Kier molecular flexibility index (Phi) is 7.23. The summed E-state index contributed by atoms with van der Waals surface area (Å²) in [6.45, 7) is 4.54. The van der Waals surface area contributed by atoms with Gasteiger partial charge in [-0.15, -0.1) is 0 Å². The number of nitro groups is 1. The minimum absolute atomic E-state index is 0.0271. The SMILES string of the molecule is CC(C)c1ccc(Oc2ncnc(N(CCC#N)CCC#N)c2[N+](=O)[O-])cc1. The zero-order valence-electron chi connectivity index (χ0n) is 15.7. The van der Waals surface area contributed by atoms with Crippen molar-refractivity contribution in [2.24, 2.45) is 0 Å². The van der Waals surface area contributed by atoms with Gasteiger partial charge in [-0.05, 0) is 23.6 Å². The number of hydrogen-bond acceptors (Lipinski definition) is 8. The van der Waals surface area contributed by atoms with Crippen LogP contribution in [-0.4, -0.2) is 28.0 Å². The van der Waals surface area contributed by atoms with Crippen LogP contribution < -0.4 is 9.64 Å². The van der Waals surface area contributed by atoms with Crippen LogP contribution in [0.2, 0.25) is 0 Å². The van der Waals surface area contributed by atoms with Gasteiger partial charge in [0.2, 0.25) is 5.82 Å². The van der Waals surface area contributed by atoms with E-state index in [4.69, 9.17) is 15.3 Å². The average Bonchev–Trinajstić information content (AvgIpc) is 2.68. The predicted molar refractivity (Wildman–Crippen MR) is 102 cm³/mol. The smallest absolute Gasteiger partial charge is 0.373 e. The fourth-order valence-corrected chi connectivity index (χ4v) is 2.55. The molecule has 0 fully saturated rings. The van der Waals surface area contributed by atoms with E-state index >= 15 is 0 Å². The van der Waals surface area contributed by atoms with Gasteiger partial charge in [-0.1, -0.05) is 26.0 Å². The third kappa shape index (κ3) is 5.15. The van der Waals surface area contributed by atoms with E-state index in [0.29, 0.717) is 11.7 Å². The van der Waals surface area contributed by atoms with Crippen molar-refractivity contribution in [2.45, 2.75) is 32.6 Å². The second-order valence-corrected chi connectivity index (χ2v) is 6.24. The van der Waals surface area contributed by atoms with Crippen molar-refractivity contribution in [3.8, 4) is 23.8 Å². The summed E-state index contributed by atoms with van der Waals surface area (Å²) < 4.78 is 5.66. The van der Waals surface area contributed by atoms with Crippen LogP contribution in [0.4, 0.5) is 11.5 Å². The standard InChI is InChI=1S/C19H20N6O3/c1-14(2)15-5-7-16(8-6-15)28-19-17(25(26)27)18(22-13-23-19)24(11-3-9-20)12-4-10-21/h5-8,13-14H,3-4,11-12H2,1-2H3. The van der Waals surface area contributed by atoms with Crippen LogP contribution >= 0.6 is 0 Å². The monoisotopic (exact) mass is 380 g/mol. The summed E-state index contributed by atoms with van der Waals surface area (Å²) in [5, 5.41) is 29.4. The molecule has 0 unspecified atom stereocenters.